The summed E-state index contributed by atoms with van der Waals surface area (Å²) in [7, 11) is 1.57. The van der Waals surface area contributed by atoms with Gasteiger partial charge in [-0.25, -0.2) is 0 Å². The smallest absolute Gasteiger partial charge is 0.252 e. The molecular formula is C10H13ClN2O2. The first kappa shape index (κ1) is 11.8. The molecule has 0 aliphatic carbocycles. The number of nitrogens with two attached hydrogens (primary N) is 1. The number of nitrogen functional groups attached to an aromatic ring is 1. The van der Waals surface area contributed by atoms with Crippen molar-refractivity contribution in [3.05, 3.63) is 28.8 Å². The second-order valence-electron chi connectivity index (χ2n) is 2.96. The van der Waals surface area contributed by atoms with Crippen molar-refractivity contribution in [3.8, 4) is 0 Å². The second-order valence-corrected chi connectivity index (χ2v) is 3.34. The van der Waals surface area contributed by atoms with E-state index in [0.717, 1.165) is 0 Å². The number of amides is 1. The molecule has 0 aliphatic heterocycles. The summed E-state index contributed by atoms with van der Waals surface area (Å²) in [5.41, 5.74) is 6.36. The highest BCUT2D eigenvalue weighted by Crippen LogP contribution is 2.22. The standard InChI is InChI=1S/C10H13ClN2O2/c1-15-6-5-13-10(14)7-3-2-4-8(12)9(7)11/h2-4H,5-6,12H2,1H3,(H,13,14). The number of carbonyl (C=O) groups is 1. The van der Waals surface area contributed by atoms with Crippen molar-refractivity contribution in [2.75, 3.05) is 26.0 Å². The van der Waals surface area contributed by atoms with Crippen LogP contribution in [-0.2, 0) is 4.74 Å². The van der Waals surface area contributed by atoms with Crippen molar-refractivity contribution in [2.45, 2.75) is 0 Å². The van der Waals surface area contributed by atoms with Gasteiger partial charge >= 0.3 is 0 Å². The van der Waals surface area contributed by atoms with E-state index in [1.165, 1.54) is 0 Å². The summed E-state index contributed by atoms with van der Waals surface area (Å²) in [6, 6.07) is 4.96. The molecular weight excluding hydrogens is 216 g/mol. The SMILES string of the molecule is COCCNC(=O)c1cccc(N)c1Cl. The van der Waals surface area contributed by atoms with Crippen molar-refractivity contribution in [1.82, 2.24) is 5.32 Å². The molecule has 3 N–H and O–H groups in total. The summed E-state index contributed by atoms with van der Waals surface area (Å²) in [6.07, 6.45) is 0. The zero-order chi connectivity index (χ0) is 11.3. The molecule has 1 aromatic carbocycles. The van der Waals surface area contributed by atoms with E-state index in [2.05, 4.69) is 5.32 Å². The number of benzene rings is 1. The molecule has 0 spiro atoms. The molecule has 82 valence electrons. The van der Waals surface area contributed by atoms with Gasteiger partial charge in [-0.05, 0) is 12.1 Å². The highest BCUT2D eigenvalue weighted by molar-refractivity contribution is 6.36. The number of nitrogens with one attached hydrogen (secondary N) is 1. The number of carbonyl (C=O) groups excluding carboxylic acids is 1. The van der Waals surface area contributed by atoms with Crippen molar-refractivity contribution in [2.24, 2.45) is 0 Å². The van der Waals surface area contributed by atoms with Crippen LogP contribution in [0.4, 0.5) is 5.69 Å². The van der Waals surface area contributed by atoms with Gasteiger partial charge in [-0.3, -0.25) is 4.79 Å². The number of rotatable bonds is 4. The molecule has 0 fully saturated rings. The molecule has 4 nitrogen and oxygen atoms in total. The number of anilines is 1. The van der Waals surface area contributed by atoms with Crippen LogP contribution < -0.4 is 11.1 Å². The zero-order valence-electron chi connectivity index (χ0n) is 8.42. The molecule has 1 amide bonds. The molecule has 5 heteroatoms. The van der Waals surface area contributed by atoms with E-state index in [0.29, 0.717) is 24.4 Å². The fraction of sp³-hybridized carbons (Fsp3) is 0.300. The lowest BCUT2D eigenvalue weighted by molar-refractivity contribution is 0.0937. The van der Waals surface area contributed by atoms with Crippen LogP contribution in [0.5, 0.6) is 0 Å². The molecule has 0 heterocycles. The summed E-state index contributed by atoms with van der Waals surface area (Å²) in [5, 5.41) is 2.95. The second kappa shape index (κ2) is 5.58. The third-order valence-electron chi connectivity index (χ3n) is 1.86. The molecule has 1 rings (SSSR count). The maximum atomic E-state index is 11.6. The third-order valence-corrected chi connectivity index (χ3v) is 2.29. The Balaban J connectivity index is 2.69. The predicted molar refractivity (Wildman–Crippen MR) is 60.1 cm³/mol. The Labute approximate surface area is 93.4 Å². The number of halogens is 1. The molecule has 1 aromatic rings. The molecule has 0 saturated heterocycles. The quantitative estimate of drug-likeness (QED) is 0.603. The maximum Gasteiger partial charge on any atom is 0.252 e. The highest BCUT2D eigenvalue weighted by Gasteiger charge is 2.10. The summed E-state index contributed by atoms with van der Waals surface area (Å²) >= 11 is 5.88. The summed E-state index contributed by atoms with van der Waals surface area (Å²) in [5.74, 6) is -0.246. The van der Waals surface area contributed by atoms with Gasteiger partial charge in [0.05, 0.1) is 22.9 Å². The first-order chi connectivity index (χ1) is 7.16. The van der Waals surface area contributed by atoms with Crippen LogP contribution in [-0.4, -0.2) is 26.2 Å². The van der Waals surface area contributed by atoms with Gasteiger partial charge in [0.1, 0.15) is 0 Å². The number of hydrogen-bond donors (Lipinski definition) is 2. The van der Waals surface area contributed by atoms with Crippen LogP contribution in [0.15, 0.2) is 18.2 Å². The van der Waals surface area contributed by atoms with E-state index in [1.807, 2.05) is 0 Å². The Morgan fingerprint density at radius 3 is 3.00 bits per heavy atom. The first-order valence-corrected chi connectivity index (χ1v) is 4.85. The summed E-state index contributed by atoms with van der Waals surface area (Å²) in [4.78, 5) is 11.6. The van der Waals surface area contributed by atoms with Gasteiger partial charge in [0.25, 0.3) is 5.91 Å². The lowest BCUT2D eigenvalue weighted by atomic mass is 10.2. The van der Waals surface area contributed by atoms with Gasteiger partial charge < -0.3 is 15.8 Å². The number of hydrogen-bond acceptors (Lipinski definition) is 3. The van der Waals surface area contributed by atoms with Crippen LogP contribution in [0.1, 0.15) is 10.4 Å². The Bertz CT molecular complexity index is 355. The normalized spacial score (nSPS) is 10.0. The third kappa shape index (κ3) is 3.11. The van der Waals surface area contributed by atoms with Crippen LogP contribution in [0, 0.1) is 0 Å². The molecule has 15 heavy (non-hydrogen) atoms. The van der Waals surface area contributed by atoms with Crippen molar-refractivity contribution >= 4 is 23.2 Å². The van der Waals surface area contributed by atoms with E-state index in [9.17, 15) is 4.79 Å². The van der Waals surface area contributed by atoms with E-state index in [-0.39, 0.29) is 10.9 Å². The molecule has 0 unspecified atom stereocenters. The average molecular weight is 229 g/mol. The Hall–Kier alpha value is -1.26. The van der Waals surface area contributed by atoms with Gasteiger partial charge in [-0.1, -0.05) is 17.7 Å². The average Bonchev–Trinajstić information content (AvgIpc) is 2.22. The highest BCUT2D eigenvalue weighted by atomic mass is 35.5. The predicted octanol–water partition coefficient (Wildman–Crippen LogP) is 1.30. The lowest BCUT2D eigenvalue weighted by Crippen LogP contribution is -2.27. The molecule has 0 saturated carbocycles. The fourth-order valence-electron chi connectivity index (χ4n) is 1.09. The zero-order valence-corrected chi connectivity index (χ0v) is 9.17. The van der Waals surface area contributed by atoms with Crippen LogP contribution >= 0.6 is 11.6 Å². The Morgan fingerprint density at radius 1 is 1.60 bits per heavy atom. The van der Waals surface area contributed by atoms with E-state index < -0.39 is 0 Å². The van der Waals surface area contributed by atoms with E-state index in [1.54, 1.807) is 25.3 Å². The minimum Gasteiger partial charge on any atom is -0.398 e. The fourth-order valence-corrected chi connectivity index (χ4v) is 1.30. The maximum absolute atomic E-state index is 11.6. The minimum atomic E-state index is -0.246. The summed E-state index contributed by atoms with van der Waals surface area (Å²) in [6.45, 7) is 0.909. The van der Waals surface area contributed by atoms with Crippen LogP contribution in [0.2, 0.25) is 5.02 Å². The largest absolute Gasteiger partial charge is 0.398 e. The molecule has 0 aromatic heterocycles. The minimum absolute atomic E-state index is 0.246. The first-order valence-electron chi connectivity index (χ1n) is 4.48. The van der Waals surface area contributed by atoms with E-state index >= 15 is 0 Å². The van der Waals surface area contributed by atoms with Gasteiger partial charge in [0.2, 0.25) is 0 Å². The van der Waals surface area contributed by atoms with Crippen LogP contribution in [0.3, 0.4) is 0 Å². The van der Waals surface area contributed by atoms with Crippen molar-refractivity contribution < 1.29 is 9.53 Å². The Kier molecular flexibility index (Phi) is 4.39. The van der Waals surface area contributed by atoms with Gasteiger partial charge in [0.15, 0.2) is 0 Å². The van der Waals surface area contributed by atoms with Gasteiger partial charge in [0, 0.05) is 13.7 Å². The van der Waals surface area contributed by atoms with Crippen molar-refractivity contribution in [3.63, 3.8) is 0 Å². The van der Waals surface area contributed by atoms with Gasteiger partial charge in [-0.15, -0.1) is 0 Å². The lowest BCUT2D eigenvalue weighted by Gasteiger charge is -2.07. The molecule has 0 atom stereocenters. The number of ether oxygens (including phenoxy) is 1. The number of methoxy groups -OCH3 is 1. The topological polar surface area (TPSA) is 64.3 Å². The summed E-state index contributed by atoms with van der Waals surface area (Å²) < 4.78 is 4.81. The molecule has 0 aliphatic rings. The Morgan fingerprint density at radius 2 is 2.33 bits per heavy atom. The molecule has 0 bridgehead atoms. The van der Waals surface area contributed by atoms with E-state index in [4.69, 9.17) is 22.1 Å². The van der Waals surface area contributed by atoms with Crippen LogP contribution in [0.25, 0.3) is 0 Å². The van der Waals surface area contributed by atoms with Crippen molar-refractivity contribution in [1.29, 1.82) is 0 Å². The molecule has 0 radical (unpaired) electrons. The van der Waals surface area contributed by atoms with Gasteiger partial charge in [-0.2, -0.15) is 0 Å². The monoisotopic (exact) mass is 228 g/mol.